The molecule has 4 heteroatoms. The van der Waals surface area contributed by atoms with E-state index in [9.17, 15) is 10.1 Å². The molecule has 2 aliphatic heterocycles. The summed E-state index contributed by atoms with van der Waals surface area (Å²) in [5, 5.41) is 9.76. The first-order chi connectivity index (χ1) is 11.2. The largest absolute Gasteiger partial charge is 0.341 e. The Morgan fingerprint density at radius 1 is 1.13 bits per heavy atom. The summed E-state index contributed by atoms with van der Waals surface area (Å²) in [5.41, 5.74) is 0.717. The van der Waals surface area contributed by atoms with Crippen LogP contribution in [0.25, 0.3) is 0 Å². The summed E-state index contributed by atoms with van der Waals surface area (Å²) in [6, 6.07) is 12.6. The van der Waals surface area contributed by atoms with E-state index in [-0.39, 0.29) is 11.9 Å². The molecule has 0 saturated carbocycles. The molecule has 23 heavy (non-hydrogen) atoms. The van der Waals surface area contributed by atoms with Crippen LogP contribution in [0.4, 0.5) is 0 Å². The van der Waals surface area contributed by atoms with Crippen molar-refractivity contribution in [1.82, 2.24) is 9.80 Å². The Bertz CT molecular complexity index is 578. The fourth-order valence-electron chi connectivity index (χ4n) is 3.87. The number of rotatable bonds is 3. The highest BCUT2D eigenvalue weighted by Gasteiger charge is 2.39. The molecule has 0 radical (unpaired) electrons. The van der Waals surface area contributed by atoms with E-state index in [1.165, 1.54) is 0 Å². The lowest BCUT2D eigenvalue weighted by atomic mass is 9.74. The van der Waals surface area contributed by atoms with Crippen molar-refractivity contribution in [2.75, 3.05) is 26.2 Å². The van der Waals surface area contributed by atoms with Crippen molar-refractivity contribution < 1.29 is 4.79 Å². The van der Waals surface area contributed by atoms with Crippen molar-refractivity contribution in [3.8, 4) is 6.07 Å². The molecular weight excluding hydrogens is 286 g/mol. The number of carbonyl (C=O) groups is 1. The molecule has 2 fully saturated rings. The third-order valence-electron chi connectivity index (χ3n) is 5.51. The zero-order valence-corrected chi connectivity index (χ0v) is 13.9. The minimum atomic E-state index is -0.395. The van der Waals surface area contributed by atoms with Crippen molar-refractivity contribution in [3.63, 3.8) is 0 Å². The number of carbonyl (C=O) groups excluding carboxylic acids is 1. The van der Waals surface area contributed by atoms with E-state index in [2.05, 4.69) is 23.1 Å². The summed E-state index contributed by atoms with van der Waals surface area (Å²) in [4.78, 5) is 16.8. The molecule has 0 spiro atoms. The van der Waals surface area contributed by atoms with E-state index in [0.717, 1.165) is 57.4 Å². The standard InChI is InChI=1S/C19H25N3O/c1-16(18(23)22-11-5-6-12-22)21-13-9-19(15-20,10-14-21)17-7-3-2-4-8-17/h2-4,7-8,16H,5-6,9-14H2,1H3/t16-/m1/s1. The van der Waals surface area contributed by atoms with E-state index in [1.807, 2.05) is 30.0 Å². The molecule has 0 bridgehead atoms. The first kappa shape index (κ1) is 16.0. The van der Waals surface area contributed by atoms with E-state index < -0.39 is 5.41 Å². The molecule has 122 valence electrons. The Hall–Kier alpha value is -1.86. The van der Waals surface area contributed by atoms with Crippen molar-refractivity contribution >= 4 is 5.91 Å². The Balaban J connectivity index is 1.65. The summed E-state index contributed by atoms with van der Waals surface area (Å²) < 4.78 is 0. The van der Waals surface area contributed by atoms with Gasteiger partial charge in [-0.25, -0.2) is 0 Å². The van der Waals surface area contributed by atoms with Crippen molar-refractivity contribution in [3.05, 3.63) is 35.9 Å². The normalized spacial score (nSPS) is 22.5. The fourth-order valence-corrected chi connectivity index (χ4v) is 3.87. The fraction of sp³-hybridized carbons (Fsp3) is 0.579. The van der Waals surface area contributed by atoms with Gasteiger partial charge in [0.1, 0.15) is 0 Å². The number of nitrogens with zero attached hydrogens (tertiary/aromatic N) is 3. The quantitative estimate of drug-likeness (QED) is 0.862. The van der Waals surface area contributed by atoms with Crippen LogP contribution in [0.2, 0.25) is 0 Å². The average Bonchev–Trinajstić information content (AvgIpc) is 3.16. The maximum Gasteiger partial charge on any atom is 0.239 e. The Morgan fingerprint density at radius 3 is 2.30 bits per heavy atom. The molecular formula is C19H25N3O. The van der Waals surface area contributed by atoms with Gasteiger partial charge in [-0.15, -0.1) is 0 Å². The van der Waals surface area contributed by atoms with Gasteiger partial charge in [-0.05, 0) is 38.2 Å². The molecule has 0 aliphatic carbocycles. The Kier molecular flexibility index (Phi) is 4.68. The van der Waals surface area contributed by atoms with Gasteiger partial charge < -0.3 is 4.90 Å². The van der Waals surface area contributed by atoms with Crippen LogP contribution >= 0.6 is 0 Å². The molecule has 1 aromatic carbocycles. The molecule has 0 N–H and O–H groups in total. The molecule has 1 atom stereocenters. The summed E-state index contributed by atoms with van der Waals surface area (Å²) in [6.45, 7) is 5.45. The Morgan fingerprint density at radius 2 is 1.74 bits per heavy atom. The van der Waals surface area contributed by atoms with Gasteiger partial charge in [0.05, 0.1) is 17.5 Å². The number of nitriles is 1. The molecule has 0 aromatic heterocycles. The molecule has 0 unspecified atom stereocenters. The monoisotopic (exact) mass is 311 g/mol. The molecule has 2 saturated heterocycles. The van der Waals surface area contributed by atoms with Crippen LogP contribution < -0.4 is 0 Å². The van der Waals surface area contributed by atoms with Crippen molar-refractivity contribution in [2.24, 2.45) is 0 Å². The van der Waals surface area contributed by atoms with Gasteiger partial charge in [0.25, 0.3) is 0 Å². The summed E-state index contributed by atoms with van der Waals surface area (Å²) in [5.74, 6) is 0.256. The minimum absolute atomic E-state index is 0.0689. The van der Waals surface area contributed by atoms with Crippen LogP contribution in [0.15, 0.2) is 30.3 Å². The van der Waals surface area contributed by atoms with Crippen LogP contribution in [0.1, 0.15) is 38.2 Å². The smallest absolute Gasteiger partial charge is 0.239 e. The number of benzene rings is 1. The van der Waals surface area contributed by atoms with Crippen LogP contribution in [0.5, 0.6) is 0 Å². The van der Waals surface area contributed by atoms with Gasteiger partial charge >= 0.3 is 0 Å². The number of piperidine rings is 1. The number of hydrogen-bond acceptors (Lipinski definition) is 3. The second-order valence-corrected chi connectivity index (χ2v) is 6.80. The number of likely N-dealkylation sites (tertiary alicyclic amines) is 2. The van der Waals surface area contributed by atoms with Crippen molar-refractivity contribution in [1.29, 1.82) is 5.26 Å². The summed E-state index contributed by atoms with van der Waals surface area (Å²) >= 11 is 0. The maximum absolute atomic E-state index is 12.6. The first-order valence-electron chi connectivity index (χ1n) is 8.66. The van der Waals surface area contributed by atoms with Gasteiger partial charge in [-0.3, -0.25) is 9.69 Å². The average molecular weight is 311 g/mol. The molecule has 2 heterocycles. The minimum Gasteiger partial charge on any atom is -0.341 e. The molecule has 3 rings (SSSR count). The zero-order valence-electron chi connectivity index (χ0n) is 13.9. The molecule has 2 aliphatic rings. The summed E-state index contributed by atoms with van der Waals surface area (Å²) in [6.07, 6.45) is 3.85. The predicted octanol–water partition coefficient (Wildman–Crippen LogP) is 2.55. The highest BCUT2D eigenvalue weighted by molar-refractivity contribution is 5.81. The van der Waals surface area contributed by atoms with E-state index in [4.69, 9.17) is 0 Å². The lowest BCUT2D eigenvalue weighted by molar-refractivity contribution is -0.135. The lowest BCUT2D eigenvalue weighted by Crippen LogP contribution is -2.51. The first-order valence-corrected chi connectivity index (χ1v) is 8.66. The second-order valence-electron chi connectivity index (χ2n) is 6.80. The third kappa shape index (κ3) is 3.11. The van der Waals surface area contributed by atoms with Gasteiger partial charge in [-0.1, -0.05) is 30.3 Å². The topological polar surface area (TPSA) is 47.3 Å². The predicted molar refractivity (Wildman–Crippen MR) is 89.8 cm³/mol. The van der Waals surface area contributed by atoms with Crippen LogP contribution in [-0.2, 0) is 10.2 Å². The van der Waals surface area contributed by atoms with Gasteiger partial charge in [-0.2, -0.15) is 5.26 Å². The van der Waals surface area contributed by atoms with Gasteiger partial charge in [0.2, 0.25) is 5.91 Å². The number of amides is 1. The SMILES string of the molecule is C[C@H](C(=O)N1CCCC1)N1CCC(C#N)(c2ccccc2)CC1. The number of hydrogen-bond donors (Lipinski definition) is 0. The third-order valence-corrected chi connectivity index (χ3v) is 5.51. The second kappa shape index (κ2) is 6.72. The van der Waals surface area contributed by atoms with Gasteiger partial charge in [0, 0.05) is 26.2 Å². The van der Waals surface area contributed by atoms with Crippen molar-refractivity contribution in [2.45, 2.75) is 44.1 Å². The van der Waals surface area contributed by atoms with Gasteiger partial charge in [0.15, 0.2) is 0 Å². The zero-order chi connectivity index (χ0) is 16.3. The maximum atomic E-state index is 12.6. The van der Waals surface area contributed by atoms with E-state index >= 15 is 0 Å². The van der Waals surface area contributed by atoms with Crippen LogP contribution in [-0.4, -0.2) is 47.9 Å². The molecule has 1 amide bonds. The van der Waals surface area contributed by atoms with Crippen LogP contribution in [0.3, 0.4) is 0 Å². The van der Waals surface area contributed by atoms with E-state index in [0.29, 0.717) is 0 Å². The molecule has 4 nitrogen and oxygen atoms in total. The molecule has 1 aromatic rings. The van der Waals surface area contributed by atoms with Crippen LogP contribution in [0, 0.1) is 11.3 Å². The van der Waals surface area contributed by atoms with E-state index in [1.54, 1.807) is 0 Å². The lowest BCUT2D eigenvalue weighted by Gasteiger charge is -2.40. The highest BCUT2D eigenvalue weighted by Crippen LogP contribution is 2.35. The summed E-state index contributed by atoms with van der Waals surface area (Å²) in [7, 11) is 0. The Labute approximate surface area is 138 Å². The highest BCUT2D eigenvalue weighted by atomic mass is 16.2.